The topological polar surface area (TPSA) is 21.3 Å². The van der Waals surface area contributed by atoms with Crippen LogP contribution < -0.4 is 10.1 Å². The highest BCUT2D eigenvalue weighted by molar-refractivity contribution is 9.10. The predicted octanol–water partition coefficient (Wildman–Crippen LogP) is 4.66. The lowest BCUT2D eigenvalue weighted by Crippen LogP contribution is -2.30. The predicted molar refractivity (Wildman–Crippen MR) is 83.6 cm³/mol. The lowest BCUT2D eigenvalue weighted by Gasteiger charge is -2.23. The van der Waals surface area contributed by atoms with Crippen molar-refractivity contribution in [1.82, 2.24) is 5.32 Å². The minimum absolute atomic E-state index is 0.712. The van der Waals surface area contributed by atoms with Gasteiger partial charge in [-0.15, -0.1) is 0 Å². The molecule has 1 aromatic carbocycles. The van der Waals surface area contributed by atoms with Crippen LogP contribution in [-0.2, 0) is 6.54 Å². The number of ether oxygens (including phenoxy) is 1. The van der Waals surface area contributed by atoms with Gasteiger partial charge in [0.1, 0.15) is 5.75 Å². The molecule has 0 heterocycles. The Bertz CT molecular complexity index is 388. The van der Waals surface area contributed by atoms with Gasteiger partial charge in [-0.25, -0.2) is 0 Å². The maximum absolute atomic E-state index is 5.67. The Morgan fingerprint density at radius 2 is 2.05 bits per heavy atom. The molecule has 0 unspecified atom stereocenters. The molecule has 19 heavy (non-hydrogen) atoms. The molecule has 1 aliphatic carbocycles. The van der Waals surface area contributed by atoms with E-state index in [-0.39, 0.29) is 0 Å². The van der Waals surface area contributed by atoms with E-state index in [1.807, 2.05) is 0 Å². The van der Waals surface area contributed by atoms with Crippen molar-refractivity contribution in [2.24, 2.45) is 0 Å². The van der Waals surface area contributed by atoms with Crippen molar-refractivity contribution < 1.29 is 4.74 Å². The van der Waals surface area contributed by atoms with Crippen LogP contribution in [-0.4, -0.2) is 12.6 Å². The Labute approximate surface area is 125 Å². The van der Waals surface area contributed by atoms with Gasteiger partial charge >= 0.3 is 0 Å². The summed E-state index contributed by atoms with van der Waals surface area (Å²) in [6, 6.07) is 7.10. The highest BCUT2D eigenvalue weighted by Gasteiger charge is 2.12. The van der Waals surface area contributed by atoms with Crippen LogP contribution in [0, 0.1) is 0 Å². The molecular formula is C16H24BrNO. The monoisotopic (exact) mass is 325 g/mol. The van der Waals surface area contributed by atoms with Gasteiger partial charge in [-0.2, -0.15) is 0 Å². The quantitative estimate of drug-likeness (QED) is 0.821. The van der Waals surface area contributed by atoms with Crippen LogP contribution in [0.4, 0.5) is 0 Å². The zero-order valence-corrected chi connectivity index (χ0v) is 13.3. The van der Waals surface area contributed by atoms with Crippen molar-refractivity contribution in [3.05, 3.63) is 28.2 Å². The summed E-state index contributed by atoms with van der Waals surface area (Å²) in [4.78, 5) is 0. The summed E-state index contributed by atoms with van der Waals surface area (Å²) in [5.74, 6) is 0.947. The summed E-state index contributed by atoms with van der Waals surface area (Å²) in [5.41, 5.74) is 1.32. The molecule has 0 bridgehead atoms. The molecule has 2 rings (SSSR count). The maximum atomic E-state index is 5.67. The molecule has 1 aliphatic rings. The SMILES string of the molecule is CCCOc1ccc(CNC2CCCCC2)cc1Br. The largest absolute Gasteiger partial charge is 0.492 e. The molecule has 0 spiro atoms. The van der Waals surface area contributed by atoms with Gasteiger partial charge in [0.15, 0.2) is 0 Å². The Balaban J connectivity index is 1.84. The Kier molecular flexibility index (Phi) is 6.18. The fourth-order valence-electron chi connectivity index (χ4n) is 2.55. The van der Waals surface area contributed by atoms with Crippen LogP contribution in [0.25, 0.3) is 0 Å². The zero-order valence-electron chi connectivity index (χ0n) is 11.8. The van der Waals surface area contributed by atoms with Crippen LogP contribution >= 0.6 is 15.9 Å². The van der Waals surface area contributed by atoms with Gasteiger partial charge in [0.05, 0.1) is 11.1 Å². The third kappa shape index (κ3) is 4.81. The lowest BCUT2D eigenvalue weighted by atomic mass is 9.95. The van der Waals surface area contributed by atoms with Crippen LogP contribution in [0.2, 0.25) is 0 Å². The molecule has 0 amide bonds. The van der Waals surface area contributed by atoms with Crippen molar-refractivity contribution in [1.29, 1.82) is 0 Å². The molecule has 0 aliphatic heterocycles. The van der Waals surface area contributed by atoms with Crippen molar-refractivity contribution in [2.75, 3.05) is 6.61 Å². The van der Waals surface area contributed by atoms with Gasteiger partial charge in [-0.3, -0.25) is 0 Å². The number of hydrogen-bond acceptors (Lipinski definition) is 2. The van der Waals surface area contributed by atoms with Crippen molar-refractivity contribution >= 4 is 15.9 Å². The smallest absolute Gasteiger partial charge is 0.133 e. The van der Waals surface area contributed by atoms with E-state index in [4.69, 9.17) is 4.74 Å². The van der Waals surface area contributed by atoms with E-state index in [9.17, 15) is 0 Å². The zero-order chi connectivity index (χ0) is 13.5. The third-order valence-electron chi connectivity index (χ3n) is 3.66. The first-order chi connectivity index (χ1) is 9.29. The van der Waals surface area contributed by atoms with E-state index in [0.717, 1.165) is 29.8 Å². The molecular weight excluding hydrogens is 302 g/mol. The molecule has 1 aromatic rings. The summed E-state index contributed by atoms with van der Waals surface area (Å²) in [6.45, 7) is 3.85. The van der Waals surface area contributed by atoms with Gasteiger partial charge in [-0.05, 0) is 52.9 Å². The minimum Gasteiger partial charge on any atom is -0.492 e. The van der Waals surface area contributed by atoms with E-state index < -0.39 is 0 Å². The standard InChI is InChI=1S/C16H24BrNO/c1-2-10-19-16-9-8-13(11-15(16)17)12-18-14-6-4-3-5-7-14/h8-9,11,14,18H,2-7,10,12H2,1H3. The molecule has 0 atom stereocenters. The lowest BCUT2D eigenvalue weighted by molar-refractivity contribution is 0.315. The van der Waals surface area contributed by atoms with Crippen LogP contribution in [0.15, 0.2) is 22.7 Å². The fourth-order valence-corrected chi connectivity index (χ4v) is 3.09. The first-order valence-electron chi connectivity index (χ1n) is 7.44. The van der Waals surface area contributed by atoms with Crippen LogP contribution in [0.5, 0.6) is 5.75 Å². The summed E-state index contributed by atoms with van der Waals surface area (Å²) < 4.78 is 6.73. The van der Waals surface area contributed by atoms with Gasteiger partial charge < -0.3 is 10.1 Å². The molecule has 0 aromatic heterocycles. The first kappa shape index (κ1) is 14.9. The Morgan fingerprint density at radius 1 is 1.26 bits per heavy atom. The van der Waals surface area contributed by atoms with Crippen molar-refractivity contribution in [3.8, 4) is 5.75 Å². The molecule has 1 fully saturated rings. The summed E-state index contributed by atoms with van der Waals surface area (Å²) >= 11 is 3.59. The Morgan fingerprint density at radius 3 is 2.74 bits per heavy atom. The highest BCUT2D eigenvalue weighted by Crippen LogP contribution is 2.26. The molecule has 3 heteroatoms. The average molecular weight is 326 g/mol. The van der Waals surface area contributed by atoms with Crippen molar-refractivity contribution in [2.45, 2.75) is 58.0 Å². The van der Waals surface area contributed by atoms with Gasteiger partial charge in [0.25, 0.3) is 0 Å². The maximum Gasteiger partial charge on any atom is 0.133 e. The van der Waals surface area contributed by atoms with E-state index >= 15 is 0 Å². The van der Waals surface area contributed by atoms with E-state index in [1.54, 1.807) is 0 Å². The first-order valence-corrected chi connectivity index (χ1v) is 8.23. The second kappa shape index (κ2) is 7.91. The van der Waals surface area contributed by atoms with E-state index in [2.05, 4.69) is 46.4 Å². The van der Waals surface area contributed by atoms with Gasteiger partial charge in [0.2, 0.25) is 0 Å². The third-order valence-corrected chi connectivity index (χ3v) is 4.28. The normalized spacial score (nSPS) is 16.5. The second-order valence-corrected chi connectivity index (χ2v) is 6.18. The second-order valence-electron chi connectivity index (χ2n) is 5.33. The molecule has 0 saturated heterocycles. The summed E-state index contributed by atoms with van der Waals surface area (Å²) in [6.07, 6.45) is 7.87. The van der Waals surface area contributed by atoms with Gasteiger partial charge in [-0.1, -0.05) is 32.3 Å². The molecule has 0 radical (unpaired) electrons. The number of nitrogens with one attached hydrogen (secondary N) is 1. The molecule has 1 saturated carbocycles. The number of halogens is 1. The fraction of sp³-hybridized carbons (Fsp3) is 0.625. The number of hydrogen-bond donors (Lipinski definition) is 1. The number of rotatable bonds is 6. The molecule has 2 nitrogen and oxygen atoms in total. The van der Waals surface area contributed by atoms with E-state index in [1.165, 1.54) is 37.7 Å². The van der Waals surface area contributed by atoms with Crippen molar-refractivity contribution in [3.63, 3.8) is 0 Å². The summed E-state index contributed by atoms with van der Waals surface area (Å²) in [5, 5.41) is 3.67. The van der Waals surface area contributed by atoms with Crippen LogP contribution in [0.3, 0.4) is 0 Å². The highest BCUT2D eigenvalue weighted by atomic mass is 79.9. The van der Waals surface area contributed by atoms with E-state index in [0.29, 0.717) is 6.04 Å². The molecule has 106 valence electrons. The van der Waals surface area contributed by atoms with Crippen LogP contribution in [0.1, 0.15) is 51.0 Å². The number of benzene rings is 1. The average Bonchev–Trinajstić information content (AvgIpc) is 2.45. The van der Waals surface area contributed by atoms with Gasteiger partial charge in [0, 0.05) is 12.6 Å². The Hall–Kier alpha value is -0.540. The molecule has 1 N–H and O–H groups in total. The minimum atomic E-state index is 0.712. The summed E-state index contributed by atoms with van der Waals surface area (Å²) in [7, 11) is 0.